The van der Waals surface area contributed by atoms with Gasteiger partial charge in [-0.15, -0.1) is 0 Å². The molecule has 2 atom stereocenters. The number of amides is 2. The summed E-state index contributed by atoms with van der Waals surface area (Å²) in [5.41, 5.74) is 0.863. The summed E-state index contributed by atoms with van der Waals surface area (Å²) in [6, 6.07) is 7.94. The topological polar surface area (TPSA) is 84.5 Å². The maximum Gasteiger partial charge on any atom is 0.408 e. The van der Waals surface area contributed by atoms with Crippen LogP contribution in [0.3, 0.4) is 0 Å². The third-order valence-electron chi connectivity index (χ3n) is 3.10. The summed E-state index contributed by atoms with van der Waals surface area (Å²) in [4.78, 5) is 34.6. The van der Waals surface area contributed by atoms with E-state index in [-0.39, 0.29) is 12.5 Å². The summed E-state index contributed by atoms with van der Waals surface area (Å²) in [5, 5.41) is 5.10. The molecular weight excluding hydrogens is 296 g/mol. The van der Waals surface area contributed by atoms with Crippen LogP contribution in [-0.2, 0) is 20.9 Å². The van der Waals surface area contributed by atoms with Gasteiger partial charge in [0.1, 0.15) is 18.9 Å². The van der Waals surface area contributed by atoms with E-state index in [1.807, 2.05) is 44.2 Å². The molecule has 0 spiro atoms. The molecule has 23 heavy (non-hydrogen) atoms. The van der Waals surface area contributed by atoms with Gasteiger partial charge in [-0.3, -0.25) is 4.79 Å². The minimum Gasteiger partial charge on any atom is -0.445 e. The summed E-state index contributed by atoms with van der Waals surface area (Å²) in [6.45, 7) is 5.60. The number of aldehydes is 1. The number of benzene rings is 1. The van der Waals surface area contributed by atoms with E-state index in [0.717, 1.165) is 5.56 Å². The lowest BCUT2D eigenvalue weighted by atomic mass is 10.0. The van der Waals surface area contributed by atoms with Crippen molar-refractivity contribution in [3.05, 3.63) is 35.9 Å². The Morgan fingerprint density at radius 3 is 2.35 bits per heavy atom. The van der Waals surface area contributed by atoms with Gasteiger partial charge in [-0.25, -0.2) is 4.79 Å². The summed E-state index contributed by atoms with van der Waals surface area (Å²) in [5.74, 6) is -0.193. The molecule has 0 heterocycles. The van der Waals surface area contributed by atoms with Gasteiger partial charge < -0.3 is 20.2 Å². The number of nitrogens with one attached hydrogen (secondary N) is 2. The molecule has 6 nitrogen and oxygen atoms in total. The SMILES string of the molecule is CC(C)C[C@H](NC(=O)OCc1ccccc1)C(=O)N[C@@H](C)C=O. The molecule has 0 saturated heterocycles. The normalized spacial score (nSPS) is 13.0. The molecule has 126 valence electrons. The molecule has 1 rings (SSSR count). The summed E-state index contributed by atoms with van der Waals surface area (Å²) < 4.78 is 5.12. The second kappa shape index (κ2) is 9.61. The Morgan fingerprint density at radius 1 is 1.13 bits per heavy atom. The van der Waals surface area contributed by atoms with Crippen LogP contribution in [0, 0.1) is 5.92 Å². The van der Waals surface area contributed by atoms with Gasteiger partial charge in [-0.1, -0.05) is 44.2 Å². The van der Waals surface area contributed by atoms with Crippen molar-refractivity contribution in [3.63, 3.8) is 0 Å². The van der Waals surface area contributed by atoms with Crippen molar-refractivity contribution in [3.8, 4) is 0 Å². The van der Waals surface area contributed by atoms with E-state index >= 15 is 0 Å². The lowest BCUT2D eigenvalue weighted by molar-refractivity contribution is -0.125. The van der Waals surface area contributed by atoms with Gasteiger partial charge in [0, 0.05) is 0 Å². The fourth-order valence-electron chi connectivity index (χ4n) is 1.97. The number of alkyl carbamates (subject to hydrolysis) is 1. The first-order valence-corrected chi connectivity index (χ1v) is 7.65. The van der Waals surface area contributed by atoms with Crippen molar-refractivity contribution in [1.82, 2.24) is 10.6 Å². The molecule has 0 aliphatic carbocycles. The quantitative estimate of drug-likeness (QED) is 0.718. The molecule has 1 aromatic carbocycles. The number of carbonyl (C=O) groups excluding carboxylic acids is 3. The molecule has 0 aliphatic rings. The highest BCUT2D eigenvalue weighted by atomic mass is 16.5. The zero-order chi connectivity index (χ0) is 17.2. The monoisotopic (exact) mass is 320 g/mol. The smallest absolute Gasteiger partial charge is 0.408 e. The summed E-state index contributed by atoms with van der Waals surface area (Å²) in [7, 11) is 0. The third-order valence-corrected chi connectivity index (χ3v) is 3.10. The molecule has 0 fully saturated rings. The molecule has 0 saturated carbocycles. The highest BCUT2D eigenvalue weighted by molar-refractivity contribution is 5.87. The first-order valence-electron chi connectivity index (χ1n) is 7.65. The summed E-state index contributed by atoms with van der Waals surface area (Å²) in [6.07, 6.45) is 0.434. The Balaban J connectivity index is 2.56. The van der Waals surface area contributed by atoms with Crippen molar-refractivity contribution in [2.75, 3.05) is 0 Å². The molecule has 0 unspecified atom stereocenters. The van der Waals surface area contributed by atoms with E-state index in [4.69, 9.17) is 4.74 Å². The maximum absolute atomic E-state index is 12.1. The zero-order valence-corrected chi connectivity index (χ0v) is 13.7. The Bertz CT molecular complexity index is 517. The van der Waals surface area contributed by atoms with Crippen LogP contribution in [-0.4, -0.2) is 30.4 Å². The van der Waals surface area contributed by atoms with Crippen LogP contribution in [0.15, 0.2) is 30.3 Å². The highest BCUT2D eigenvalue weighted by Crippen LogP contribution is 2.06. The van der Waals surface area contributed by atoms with Gasteiger partial charge in [0.25, 0.3) is 0 Å². The second-order valence-corrected chi connectivity index (χ2v) is 5.82. The Morgan fingerprint density at radius 2 is 1.78 bits per heavy atom. The van der Waals surface area contributed by atoms with Crippen LogP contribution in [0.2, 0.25) is 0 Å². The van der Waals surface area contributed by atoms with Gasteiger partial charge in [0.15, 0.2) is 0 Å². The first kappa shape index (κ1) is 18.7. The predicted octanol–water partition coefficient (Wildman–Crippen LogP) is 2.03. The molecule has 0 bridgehead atoms. The van der Waals surface area contributed by atoms with Crippen molar-refractivity contribution in [1.29, 1.82) is 0 Å². The zero-order valence-electron chi connectivity index (χ0n) is 13.7. The third kappa shape index (κ3) is 7.44. The van der Waals surface area contributed by atoms with Gasteiger partial charge in [0.2, 0.25) is 5.91 Å². The number of hydrogen-bond acceptors (Lipinski definition) is 4. The fraction of sp³-hybridized carbons (Fsp3) is 0.471. The molecule has 6 heteroatoms. The highest BCUT2D eigenvalue weighted by Gasteiger charge is 2.23. The predicted molar refractivity (Wildman–Crippen MR) is 86.7 cm³/mol. The van der Waals surface area contributed by atoms with Crippen molar-refractivity contribution in [2.24, 2.45) is 5.92 Å². The Hall–Kier alpha value is -2.37. The second-order valence-electron chi connectivity index (χ2n) is 5.82. The number of ether oxygens (including phenoxy) is 1. The van der Waals surface area contributed by atoms with E-state index in [9.17, 15) is 14.4 Å². The molecule has 2 amide bonds. The lowest BCUT2D eigenvalue weighted by Crippen LogP contribution is -2.50. The van der Waals surface area contributed by atoms with E-state index in [1.54, 1.807) is 6.92 Å². The van der Waals surface area contributed by atoms with Crippen LogP contribution in [0.25, 0.3) is 0 Å². The number of carbonyl (C=O) groups is 3. The van der Waals surface area contributed by atoms with E-state index < -0.39 is 24.1 Å². The van der Waals surface area contributed by atoms with E-state index in [2.05, 4.69) is 10.6 Å². The van der Waals surface area contributed by atoms with Crippen LogP contribution in [0.4, 0.5) is 4.79 Å². The van der Waals surface area contributed by atoms with Crippen LogP contribution < -0.4 is 10.6 Å². The fourth-order valence-corrected chi connectivity index (χ4v) is 1.97. The minimum absolute atomic E-state index is 0.132. The first-order chi connectivity index (χ1) is 10.9. The standard InChI is InChI=1S/C17H24N2O4/c1-12(2)9-15(16(21)18-13(3)10-20)19-17(22)23-11-14-7-5-4-6-8-14/h4-8,10,12-13,15H,9,11H2,1-3H3,(H,18,21)(H,19,22)/t13-,15-/m0/s1. The molecule has 0 radical (unpaired) electrons. The van der Waals surface area contributed by atoms with Crippen LogP contribution >= 0.6 is 0 Å². The van der Waals surface area contributed by atoms with Crippen molar-refractivity contribution < 1.29 is 19.1 Å². The Labute approximate surface area is 136 Å². The largest absolute Gasteiger partial charge is 0.445 e. The molecule has 2 N–H and O–H groups in total. The molecule has 1 aromatic rings. The average molecular weight is 320 g/mol. The van der Waals surface area contributed by atoms with E-state index in [0.29, 0.717) is 12.7 Å². The molecule has 0 aliphatic heterocycles. The number of rotatable bonds is 8. The van der Waals surface area contributed by atoms with Crippen LogP contribution in [0.5, 0.6) is 0 Å². The van der Waals surface area contributed by atoms with Gasteiger partial charge in [-0.05, 0) is 24.8 Å². The van der Waals surface area contributed by atoms with E-state index in [1.165, 1.54) is 0 Å². The van der Waals surface area contributed by atoms with Gasteiger partial charge in [0.05, 0.1) is 6.04 Å². The summed E-state index contributed by atoms with van der Waals surface area (Å²) >= 11 is 0. The minimum atomic E-state index is -0.735. The average Bonchev–Trinajstić information content (AvgIpc) is 2.52. The van der Waals surface area contributed by atoms with Gasteiger partial charge >= 0.3 is 6.09 Å². The van der Waals surface area contributed by atoms with Crippen LogP contribution in [0.1, 0.15) is 32.8 Å². The lowest BCUT2D eigenvalue weighted by Gasteiger charge is -2.20. The molecule has 0 aromatic heterocycles. The van der Waals surface area contributed by atoms with Crippen molar-refractivity contribution >= 4 is 18.3 Å². The van der Waals surface area contributed by atoms with Crippen molar-refractivity contribution in [2.45, 2.75) is 45.9 Å². The molecular formula is C17H24N2O4. The number of hydrogen-bond donors (Lipinski definition) is 2. The van der Waals surface area contributed by atoms with Gasteiger partial charge in [-0.2, -0.15) is 0 Å². The Kier molecular flexibility index (Phi) is 7.80. The maximum atomic E-state index is 12.1.